The number of hydrogen-bond acceptors (Lipinski definition) is 0. The lowest BCUT2D eigenvalue weighted by atomic mass is 10.4. The molecule has 9 heavy (non-hydrogen) atoms. The summed E-state index contributed by atoms with van der Waals surface area (Å²) in [5.41, 5.74) is 0. The van der Waals surface area contributed by atoms with Gasteiger partial charge in [-0.05, 0) is 15.9 Å². The maximum Gasteiger partial charge on any atom is 0.289 e. The first-order valence-corrected chi connectivity index (χ1v) is 3.12. The average molecular weight is 229 g/mol. The van der Waals surface area contributed by atoms with Gasteiger partial charge in [0.1, 0.15) is 0 Å². The molecule has 0 saturated carbocycles. The molecule has 0 saturated heterocycles. The average Bonchev–Trinajstić information content (AvgIpc) is 1.65. The van der Waals surface area contributed by atoms with Crippen molar-refractivity contribution in [3.63, 3.8) is 0 Å². The van der Waals surface area contributed by atoms with Gasteiger partial charge >= 0.3 is 0 Å². The summed E-state index contributed by atoms with van der Waals surface area (Å²) in [4.78, 5) is 0. The maximum absolute atomic E-state index is 11.9. The lowest BCUT2D eigenvalue weighted by Crippen LogP contribution is -2.32. The van der Waals surface area contributed by atoms with Crippen molar-refractivity contribution in [3.05, 3.63) is 0 Å². The highest BCUT2D eigenvalue weighted by atomic mass is 79.9. The van der Waals surface area contributed by atoms with Crippen molar-refractivity contribution >= 4 is 27.5 Å². The van der Waals surface area contributed by atoms with E-state index in [9.17, 15) is 17.6 Å². The van der Waals surface area contributed by atoms with Crippen LogP contribution in [0.4, 0.5) is 17.6 Å². The third kappa shape index (κ3) is 2.29. The lowest BCUT2D eigenvalue weighted by Gasteiger charge is -2.15. The van der Waals surface area contributed by atoms with E-state index in [4.69, 9.17) is 0 Å². The van der Waals surface area contributed by atoms with Crippen LogP contribution in [0.1, 0.15) is 0 Å². The molecule has 0 nitrogen and oxygen atoms in total. The molecule has 0 radical (unpaired) electrons. The van der Waals surface area contributed by atoms with Crippen LogP contribution in [0.3, 0.4) is 0 Å². The number of halogens is 6. The first-order valence-electron chi connectivity index (χ1n) is 1.83. The van der Waals surface area contributed by atoms with E-state index >= 15 is 0 Å². The largest absolute Gasteiger partial charge is 0.289 e. The van der Waals surface area contributed by atoms with Crippen LogP contribution in [0, 0.1) is 0 Å². The van der Waals surface area contributed by atoms with E-state index in [1.54, 1.807) is 0 Å². The molecule has 0 amide bonds. The van der Waals surface area contributed by atoms with E-state index in [1.807, 2.05) is 15.9 Å². The van der Waals surface area contributed by atoms with Crippen LogP contribution in [-0.2, 0) is 0 Å². The Labute approximate surface area is 62.3 Å². The van der Waals surface area contributed by atoms with Crippen molar-refractivity contribution in [2.75, 3.05) is 0 Å². The molecule has 0 aliphatic rings. The minimum atomic E-state index is -3.61. The molecule has 0 heterocycles. The molecule has 2 atom stereocenters. The maximum atomic E-state index is 11.9. The summed E-state index contributed by atoms with van der Waals surface area (Å²) < 4.78 is 46.2. The molecular formula is C3H2BrClF4. The van der Waals surface area contributed by atoms with Gasteiger partial charge in [-0.2, -0.15) is 0 Å². The molecule has 56 valence electrons. The zero-order valence-electron chi connectivity index (χ0n) is 3.92. The fourth-order valence-corrected chi connectivity index (χ4v) is 0.295. The summed E-state index contributed by atoms with van der Waals surface area (Å²) in [6, 6.07) is 0. The Balaban J connectivity index is 4.01. The molecule has 0 aromatic rings. The Morgan fingerprint density at radius 2 is 1.67 bits per heavy atom. The monoisotopic (exact) mass is 228 g/mol. The number of alkyl halides is 6. The minimum absolute atomic E-state index is 1.94. The fraction of sp³-hybridized carbons (Fsp3) is 1.00. The predicted octanol–water partition coefficient (Wildman–Crippen LogP) is 2.85. The smallest absolute Gasteiger partial charge is 0.230 e. The Hall–Kier alpha value is 0.490. The third-order valence-electron chi connectivity index (χ3n) is 0.582. The zero-order chi connectivity index (χ0) is 7.65. The van der Waals surface area contributed by atoms with Crippen molar-refractivity contribution < 1.29 is 17.6 Å². The summed E-state index contributed by atoms with van der Waals surface area (Å²) in [7, 11) is 0. The van der Waals surface area contributed by atoms with Crippen LogP contribution in [0.2, 0.25) is 0 Å². The van der Waals surface area contributed by atoms with Crippen LogP contribution >= 0.6 is 27.5 Å². The van der Waals surface area contributed by atoms with Gasteiger partial charge in [0, 0.05) is 0 Å². The Morgan fingerprint density at radius 1 is 1.33 bits per heavy atom. The van der Waals surface area contributed by atoms with Crippen LogP contribution in [0.15, 0.2) is 0 Å². The Bertz CT molecular complexity index is 83.8. The van der Waals surface area contributed by atoms with Crippen molar-refractivity contribution in [3.8, 4) is 0 Å². The second-order valence-corrected chi connectivity index (χ2v) is 2.66. The van der Waals surface area contributed by atoms with E-state index < -0.39 is 16.6 Å². The van der Waals surface area contributed by atoms with E-state index in [1.165, 1.54) is 0 Å². The summed E-state index contributed by atoms with van der Waals surface area (Å²) in [6.45, 7) is 0. The molecule has 0 spiro atoms. The van der Waals surface area contributed by atoms with E-state index in [-0.39, 0.29) is 0 Å². The predicted molar refractivity (Wildman–Crippen MR) is 29.5 cm³/mol. The second kappa shape index (κ2) is 3.05. The number of rotatable bonds is 2. The van der Waals surface area contributed by atoms with Gasteiger partial charge in [0.15, 0.2) is 0 Å². The van der Waals surface area contributed by atoms with Crippen LogP contribution in [0.25, 0.3) is 0 Å². The van der Waals surface area contributed by atoms with Gasteiger partial charge in [-0.3, -0.25) is 0 Å². The molecule has 2 unspecified atom stereocenters. The molecule has 0 bridgehead atoms. The molecule has 0 rings (SSSR count). The summed E-state index contributed by atoms with van der Waals surface area (Å²) in [5, 5.41) is -6.16. The van der Waals surface area contributed by atoms with Crippen molar-refractivity contribution in [1.82, 2.24) is 0 Å². The Morgan fingerprint density at radius 3 is 1.67 bits per heavy atom. The molecule has 0 N–H and O–H groups in total. The van der Waals surface area contributed by atoms with Crippen molar-refractivity contribution in [2.45, 2.75) is 16.6 Å². The van der Waals surface area contributed by atoms with Gasteiger partial charge in [0.2, 0.25) is 5.08 Å². The van der Waals surface area contributed by atoms with Crippen LogP contribution < -0.4 is 0 Å². The van der Waals surface area contributed by atoms with Gasteiger partial charge in [-0.1, -0.05) is 11.6 Å². The first-order chi connectivity index (χ1) is 3.89. The van der Waals surface area contributed by atoms with Crippen LogP contribution in [-0.4, -0.2) is 16.6 Å². The summed E-state index contributed by atoms with van der Waals surface area (Å²) in [6.07, 6.45) is -3.53. The van der Waals surface area contributed by atoms with Crippen molar-refractivity contribution in [2.24, 2.45) is 0 Å². The SMILES string of the molecule is FC(F)C(F)(Cl)C(F)Br. The normalized spacial score (nSPS) is 21.7. The van der Waals surface area contributed by atoms with Gasteiger partial charge in [0.25, 0.3) is 11.6 Å². The molecule has 6 heteroatoms. The zero-order valence-corrected chi connectivity index (χ0v) is 6.26. The lowest BCUT2D eigenvalue weighted by molar-refractivity contribution is 0.0000950. The van der Waals surface area contributed by atoms with E-state index in [2.05, 4.69) is 11.6 Å². The molecule has 0 aromatic carbocycles. The summed E-state index contributed by atoms with van der Waals surface area (Å²) >= 11 is 6.31. The Kier molecular flexibility index (Phi) is 3.22. The quantitative estimate of drug-likeness (QED) is 0.504. The molecule has 0 aliphatic carbocycles. The fourth-order valence-electron chi connectivity index (χ4n) is 0.0952. The summed E-state index contributed by atoms with van der Waals surface area (Å²) in [5.74, 6) is 0. The van der Waals surface area contributed by atoms with E-state index in [0.717, 1.165) is 0 Å². The molecule has 0 fully saturated rings. The molecule has 0 aliphatic heterocycles. The highest BCUT2D eigenvalue weighted by Gasteiger charge is 2.45. The van der Waals surface area contributed by atoms with Crippen LogP contribution in [0.5, 0.6) is 0 Å². The van der Waals surface area contributed by atoms with Gasteiger partial charge in [0.05, 0.1) is 0 Å². The highest BCUT2D eigenvalue weighted by molar-refractivity contribution is 9.09. The highest BCUT2D eigenvalue weighted by Crippen LogP contribution is 2.34. The second-order valence-electron chi connectivity index (χ2n) is 1.28. The van der Waals surface area contributed by atoms with Gasteiger partial charge < -0.3 is 0 Å². The topological polar surface area (TPSA) is 0 Å². The minimum Gasteiger partial charge on any atom is -0.230 e. The standard InChI is InChI=1S/C3H2BrClF4/c4-1(6)3(5,9)2(7)8/h1-2H. The third-order valence-corrected chi connectivity index (χ3v) is 1.87. The number of hydrogen-bond donors (Lipinski definition) is 0. The molecule has 0 aromatic heterocycles. The molecular weight excluding hydrogens is 227 g/mol. The van der Waals surface area contributed by atoms with E-state index in [0.29, 0.717) is 0 Å². The van der Waals surface area contributed by atoms with Crippen molar-refractivity contribution in [1.29, 1.82) is 0 Å². The van der Waals surface area contributed by atoms with Gasteiger partial charge in [-0.25, -0.2) is 17.6 Å². The first kappa shape index (κ1) is 9.49. The van der Waals surface area contributed by atoms with Gasteiger partial charge in [-0.15, -0.1) is 0 Å².